The second kappa shape index (κ2) is 8.45. The molecule has 0 atom stereocenters. The zero-order chi connectivity index (χ0) is 23.1. The van der Waals surface area contributed by atoms with E-state index in [1.165, 1.54) is 0 Å². The molecule has 0 aliphatic heterocycles. The van der Waals surface area contributed by atoms with E-state index >= 15 is 0 Å². The molecule has 5 nitrogen and oxygen atoms in total. The zero-order valence-corrected chi connectivity index (χ0v) is 20.1. The van der Waals surface area contributed by atoms with Crippen LogP contribution >= 0.6 is 11.6 Å². The minimum atomic E-state index is -0.384. The number of rotatable bonds is 5. The third-order valence-electron chi connectivity index (χ3n) is 6.42. The van der Waals surface area contributed by atoms with Gasteiger partial charge in [0.15, 0.2) is 0 Å². The molecule has 0 saturated heterocycles. The fourth-order valence-corrected chi connectivity index (χ4v) is 5.14. The molecular weight excluding hydrogens is 424 g/mol. The number of aliphatic hydroxyl groups is 1. The topological polar surface area (TPSA) is 56.5 Å². The Morgan fingerprint density at radius 1 is 1.00 bits per heavy atom. The lowest BCUT2D eigenvalue weighted by Gasteiger charge is -2.48. The molecule has 170 valence electrons. The van der Waals surface area contributed by atoms with Crippen molar-refractivity contribution in [3.63, 3.8) is 0 Å². The highest BCUT2D eigenvalue weighted by Crippen LogP contribution is 2.47. The first-order valence-electron chi connectivity index (χ1n) is 10.9. The van der Waals surface area contributed by atoms with Crippen LogP contribution in [0.3, 0.4) is 0 Å². The largest absolute Gasteiger partial charge is 0.494 e. The molecule has 32 heavy (non-hydrogen) atoms. The third-order valence-corrected chi connectivity index (χ3v) is 6.67. The molecule has 0 bridgehead atoms. The molecule has 0 spiro atoms. The van der Waals surface area contributed by atoms with Gasteiger partial charge in [-0.3, -0.25) is 0 Å². The quantitative estimate of drug-likeness (QED) is 0.501. The minimum Gasteiger partial charge on any atom is -0.494 e. The van der Waals surface area contributed by atoms with Crippen LogP contribution in [0.5, 0.6) is 11.6 Å². The van der Waals surface area contributed by atoms with Gasteiger partial charge in [-0.05, 0) is 47.9 Å². The maximum atomic E-state index is 10.8. The molecule has 1 fully saturated rings. The number of nitrogens with zero attached hydrogens (tertiary/aromatic N) is 2. The summed E-state index contributed by atoms with van der Waals surface area (Å²) in [6, 6.07) is 17.4. The van der Waals surface area contributed by atoms with Gasteiger partial charge in [0.1, 0.15) is 17.5 Å². The number of benzene rings is 2. The Morgan fingerprint density at radius 3 is 2.25 bits per heavy atom. The maximum Gasteiger partial charge on any atom is 0.234 e. The summed E-state index contributed by atoms with van der Waals surface area (Å²) in [5.41, 5.74) is 2.21. The molecule has 1 N–H and O–H groups in total. The van der Waals surface area contributed by atoms with Crippen LogP contribution in [0.1, 0.15) is 40.5 Å². The first-order chi connectivity index (χ1) is 15.1. The van der Waals surface area contributed by atoms with E-state index in [-0.39, 0.29) is 23.0 Å². The van der Waals surface area contributed by atoms with Crippen molar-refractivity contribution < 1.29 is 14.6 Å². The van der Waals surface area contributed by atoms with Crippen molar-refractivity contribution in [3.05, 3.63) is 59.6 Å². The summed E-state index contributed by atoms with van der Waals surface area (Å²) in [6.07, 6.45) is 1.10. The van der Waals surface area contributed by atoms with E-state index in [1.807, 2.05) is 59.3 Å². The van der Waals surface area contributed by atoms with Gasteiger partial charge in [-0.25, -0.2) is 4.68 Å². The number of hydrogen-bond acceptors (Lipinski definition) is 4. The lowest BCUT2D eigenvalue weighted by molar-refractivity contribution is -0.111. The maximum absolute atomic E-state index is 10.8. The predicted octanol–water partition coefficient (Wildman–Crippen LogP) is 6.16. The standard InChI is InChI=1S/C26H31ClN2O3/c1-25(2)15-19(16-26(3,4)24(25)30)32-23-14-21(17-10-12-18(27)13-11-17)29(28-23)20-8-6-7-9-22(20)31-5/h6-14,19,24,30H,15-16H2,1-5H3. The third kappa shape index (κ3) is 4.37. The Bertz CT molecular complexity index is 1070. The number of ether oxygens (including phenoxy) is 2. The van der Waals surface area contributed by atoms with Crippen LogP contribution in [0, 0.1) is 10.8 Å². The van der Waals surface area contributed by atoms with E-state index < -0.39 is 0 Å². The zero-order valence-electron chi connectivity index (χ0n) is 19.3. The van der Waals surface area contributed by atoms with Gasteiger partial charge in [0.25, 0.3) is 0 Å². The number of hydrogen-bond donors (Lipinski definition) is 1. The Hall–Kier alpha value is -2.50. The highest BCUT2D eigenvalue weighted by molar-refractivity contribution is 6.30. The van der Waals surface area contributed by atoms with Crippen molar-refractivity contribution in [3.8, 4) is 28.6 Å². The van der Waals surface area contributed by atoms with Crippen molar-refractivity contribution >= 4 is 11.6 Å². The van der Waals surface area contributed by atoms with Crippen LogP contribution in [-0.2, 0) is 0 Å². The molecule has 1 saturated carbocycles. The number of aliphatic hydroxyl groups excluding tert-OH is 1. The molecule has 4 rings (SSSR count). The van der Waals surface area contributed by atoms with E-state index in [0.29, 0.717) is 10.9 Å². The summed E-state index contributed by atoms with van der Waals surface area (Å²) in [5, 5.41) is 16.3. The highest BCUT2D eigenvalue weighted by Gasteiger charge is 2.47. The van der Waals surface area contributed by atoms with Crippen molar-refractivity contribution in [1.82, 2.24) is 9.78 Å². The van der Waals surface area contributed by atoms with Gasteiger partial charge < -0.3 is 14.6 Å². The summed E-state index contributed by atoms with van der Waals surface area (Å²) in [4.78, 5) is 0. The fraction of sp³-hybridized carbons (Fsp3) is 0.423. The Labute approximate surface area is 194 Å². The van der Waals surface area contributed by atoms with Crippen molar-refractivity contribution in [1.29, 1.82) is 0 Å². The van der Waals surface area contributed by atoms with Crippen molar-refractivity contribution in [2.24, 2.45) is 10.8 Å². The summed E-state index contributed by atoms with van der Waals surface area (Å²) in [7, 11) is 1.65. The molecule has 0 unspecified atom stereocenters. The van der Waals surface area contributed by atoms with Gasteiger partial charge in [0, 0.05) is 16.7 Å². The Kier molecular flexibility index (Phi) is 5.99. The van der Waals surface area contributed by atoms with Gasteiger partial charge >= 0.3 is 0 Å². The van der Waals surface area contributed by atoms with Gasteiger partial charge in [-0.2, -0.15) is 0 Å². The predicted molar refractivity (Wildman–Crippen MR) is 128 cm³/mol. The van der Waals surface area contributed by atoms with E-state index in [2.05, 4.69) is 27.7 Å². The SMILES string of the molecule is COc1ccccc1-n1nc(OC2CC(C)(C)C(O)C(C)(C)C2)cc1-c1ccc(Cl)cc1. The molecule has 1 heterocycles. The minimum absolute atomic E-state index is 0.0394. The number of methoxy groups -OCH3 is 1. The normalized spacial score (nSPS) is 21.8. The Morgan fingerprint density at radius 2 is 1.62 bits per heavy atom. The van der Waals surface area contributed by atoms with Crippen molar-refractivity contribution in [2.75, 3.05) is 7.11 Å². The average molecular weight is 455 g/mol. The molecule has 1 aliphatic rings. The van der Waals surface area contributed by atoms with Gasteiger partial charge in [0.2, 0.25) is 5.88 Å². The van der Waals surface area contributed by atoms with Crippen LogP contribution < -0.4 is 9.47 Å². The summed E-state index contributed by atoms with van der Waals surface area (Å²) < 4.78 is 13.9. The van der Waals surface area contributed by atoms with E-state index in [1.54, 1.807) is 7.11 Å². The molecular formula is C26H31ClN2O3. The fourth-order valence-electron chi connectivity index (χ4n) is 5.01. The first-order valence-corrected chi connectivity index (χ1v) is 11.3. The molecule has 1 aromatic heterocycles. The molecule has 2 aromatic carbocycles. The molecule has 0 amide bonds. The lowest BCUT2D eigenvalue weighted by atomic mass is 9.62. The summed E-state index contributed by atoms with van der Waals surface area (Å²) >= 11 is 6.12. The molecule has 6 heteroatoms. The van der Waals surface area contributed by atoms with Crippen LogP contribution in [0.2, 0.25) is 5.02 Å². The van der Waals surface area contributed by atoms with E-state index in [4.69, 9.17) is 26.2 Å². The summed E-state index contributed by atoms with van der Waals surface area (Å²) in [5.74, 6) is 1.27. The molecule has 3 aromatic rings. The lowest BCUT2D eigenvalue weighted by Crippen LogP contribution is -2.51. The molecule has 0 radical (unpaired) electrons. The Balaban J connectivity index is 1.74. The number of para-hydroxylation sites is 2. The van der Waals surface area contributed by atoms with Crippen LogP contribution in [0.4, 0.5) is 0 Å². The monoisotopic (exact) mass is 454 g/mol. The second-order valence-corrected chi connectivity index (χ2v) is 10.4. The number of halogens is 1. The summed E-state index contributed by atoms with van der Waals surface area (Å²) in [6.45, 7) is 8.39. The average Bonchev–Trinajstić information content (AvgIpc) is 3.15. The van der Waals surface area contributed by atoms with Gasteiger partial charge in [-0.1, -0.05) is 63.6 Å². The van der Waals surface area contributed by atoms with E-state index in [9.17, 15) is 5.11 Å². The molecule has 1 aliphatic carbocycles. The smallest absolute Gasteiger partial charge is 0.234 e. The van der Waals surface area contributed by atoms with Gasteiger partial charge in [0.05, 0.1) is 18.9 Å². The van der Waals surface area contributed by atoms with Gasteiger partial charge in [-0.15, -0.1) is 5.10 Å². The number of aromatic nitrogens is 2. The second-order valence-electron chi connectivity index (χ2n) is 9.99. The van der Waals surface area contributed by atoms with E-state index in [0.717, 1.165) is 35.5 Å². The van der Waals surface area contributed by atoms with Crippen molar-refractivity contribution in [2.45, 2.75) is 52.7 Å². The first kappa shape index (κ1) is 22.7. The van der Waals surface area contributed by atoms with Crippen LogP contribution in [-0.4, -0.2) is 34.2 Å². The van der Waals surface area contributed by atoms with Crippen LogP contribution in [0.25, 0.3) is 16.9 Å². The highest BCUT2D eigenvalue weighted by atomic mass is 35.5. The van der Waals surface area contributed by atoms with Crippen LogP contribution in [0.15, 0.2) is 54.6 Å².